The van der Waals surface area contributed by atoms with Crippen LogP contribution >= 0.6 is 0 Å². The van der Waals surface area contributed by atoms with Crippen molar-refractivity contribution < 1.29 is 18.5 Å². The van der Waals surface area contributed by atoms with E-state index in [1.807, 2.05) is 31.2 Å². The van der Waals surface area contributed by atoms with Crippen LogP contribution in [0.3, 0.4) is 0 Å². The second kappa shape index (κ2) is 8.59. The number of halogens is 1. The number of hydrogen-bond donors (Lipinski definition) is 1. The molecule has 170 valence electrons. The Hall–Kier alpha value is -4.26. The third-order valence-corrected chi connectivity index (χ3v) is 5.95. The zero-order valence-corrected chi connectivity index (χ0v) is 18.8. The molecule has 1 aromatic heterocycles. The van der Waals surface area contributed by atoms with Crippen molar-refractivity contribution in [2.24, 2.45) is 0 Å². The summed E-state index contributed by atoms with van der Waals surface area (Å²) in [6.07, 6.45) is 2.32. The molecule has 0 aliphatic carbocycles. The topological polar surface area (TPSA) is 75.4 Å². The quantitative estimate of drug-likeness (QED) is 0.439. The van der Waals surface area contributed by atoms with Crippen molar-refractivity contribution in [1.29, 1.82) is 0 Å². The summed E-state index contributed by atoms with van der Waals surface area (Å²) < 4.78 is 19.2. The molecule has 34 heavy (non-hydrogen) atoms. The normalized spacial score (nSPS) is 12.5. The van der Waals surface area contributed by atoms with Gasteiger partial charge >= 0.3 is 0 Å². The van der Waals surface area contributed by atoms with E-state index in [0.29, 0.717) is 35.5 Å². The lowest BCUT2D eigenvalue weighted by atomic mass is 10.0. The smallest absolute Gasteiger partial charge is 0.258 e. The molecule has 0 atom stereocenters. The largest absolute Gasteiger partial charge is 0.356 e. The van der Waals surface area contributed by atoms with Crippen LogP contribution in [0.15, 0.2) is 71.4 Å². The third-order valence-electron chi connectivity index (χ3n) is 5.95. The van der Waals surface area contributed by atoms with E-state index in [-0.39, 0.29) is 11.5 Å². The number of anilines is 2. The highest BCUT2D eigenvalue weighted by atomic mass is 19.1. The summed E-state index contributed by atoms with van der Waals surface area (Å²) in [6.45, 7) is 4.04. The number of nitrogens with zero attached hydrogens (tertiary/aromatic N) is 2. The summed E-state index contributed by atoms with van der Waals surface area (Å²) in [5, 5.41) is 6.70. The Morgan fingerprint density at radius 2 is 1.88 bits per heavy atom. The second-order valence-electron chi connectivity index (χ2n) is 8.41. The summed E-state index contributed by atoms with van der Waals surface area (Å²) in [6, 6.07) is 16.9. The molecule has 6 nitrogen and oxygen atoms in total. The average molecular weight is 455 g/mol. The number of amides is 2. The van der Waals surface area contributed by atoms with Gasteiger partial charge in [0.1, 0.15) is 5.82 Å². The van der Waals surface area contributed by atoms with E-state index in [9.17, 15) is 14.0 Å². The number of rotatable bonds is 3. The number of benzene rings is 3. The number of aromatic nitrogens is 1. The molecule has 3 aromatic carbocycles. The van der Waals surface area contributed by atoms with Gasteiger partial charge in [0.15, 0.2) is 5.76 Å². The predicted molar refractivity (Wildman–Crippen MR) is 128 cm³/mol. The van der Waals surface area contributed by atoms with E-state index in [4.69, 9.17) is 4.52 Å². The fourth-order valence-electron chi connectivity index (χ4n) is 4.32. The lowest BCUT2D eigenvalue weighted by Crippen LogP contribution is -2.33. The Labute approximate surface area is 196 Å². The minimum atomic E-state index is -0.461. The number of carbonyl (C=O) groups excluding carboxylic acids is 2. The molecule has 0 bridgehead atoms. The van der Waals surface area contributed by atoms with Gasteiger partial charge < -0.3 is 14.7 Å². The van der Waals surface area contributed by atoms with Crippen LogP contribution in [0.4, 0.5) is 15.8 Å². The fraction of sp³-hybridized carbons (Fsp3) is 0.148. The first-order valence-corrected chi connectivity index (χ1v) is 10.9. The van der Waals surface area contributed by atoms with Gasteiger partial charge in [-0.3, -0.25) is 9.59 Å². The van der Waals surface area contributed by atoms with Gasteiger partial charge in [0.05, 0.1) is 11.9 Å². The van der Waals surface area contributed by atoms with Crippen molar-refractivity contribution in [3.05, 3.63) is 100 Å². The molecule has 7 heteroatoms. The van der Waals surface area contributed by atoms with Gasteiger partial charge in [-0.2, -0.15) is 0 Å². The zero-order valence-electron chi connectivity index (χ0n) is 18.8. The van der Waals surface area contributed by atoms with Gasteiger partial charge in [-0.15, -0.1) is 0 Å². The standard InChI is InChI=1S/C27H22FN3O3/c1-16-11-19(14-20(28)12-16)26(32)30-21-7-8-22(17(2)13-21)27(33)31-10-9-18-15-29-34-25(18)23-5-3-4-6-24(23)31/h3-8,11-15H,9-10H2,1-2H3,(H,30,32). The summed E-state index contributed by atoms with van der Waals surface area (Å²) in [5.74, 6) is -0.322. The Morgan fingerprint density at radius 1 is 1.06 bits per heavy atom. The van der Waals surface area contributed by atoms with Crippen LogP contribution in [0.2, 0.25) is 0 Å². The summed E-state index contributed by atoms with van der Waals surface area (Å²) >= 11 is 0. The molecule has 2 heterocycles. The van der Waals surface area contributed by atoms with Crippen molar-refractivity contribution in [2.45, 2.75) is 20.3 Å². The van der Waals surface area contributed by atoms with Gasteiger partial charge in [0.2, 0.25) is 0 Å². The van der Waals surface area contributed by atoms with Crippen LogP contribution in [-0.4, -0.2) is 23.5 Å². The molecule has 0 fully saturated rings. The molecule has 0 saturated carbocycles. The minimum absolute atomic E-state index is 0.137. The first kappa shape index (κ1) is 21.6. The van der Waals surface area contributed by atoms with Crippen LogP contribution in [0.1, 0.15) is 37.4 Å². The molecule has 1 N–H and O–H groups in total. The first-order chi connectivity index (χ1) is 16.4. The van der Waals surface area contributed by atoms with E-state index in [1.54, 1.807) is 42.3 Å². The van der Waals surface area contributed by atoms with E-state index in [0.717, 1.165) is 22.4 Å². The summed E-state index contributed by atoms with van der Waals surface area (Å²) in [4.78, 5) is 27.9. The lowest BCUT2D eigenvalue weighted by molar-refractivity contribution is 0.0985. The highest BCUT2D eigenvalue weighted by Crippen LogP contribution is 2.37. The predicted octanol–water partition coefficient (Wildman–Crippen LogP) is 5.55. The Bertz CT molecular complexity index is 1410. The molecule has 5 rings (SSSR count). The van der Waals surface area contributed by atoms with Crippen molar-refractivity contribution >= 4 is 23.2 Å². The number of para-hydroxylation sites is 1. The van der Waals surface area contributed by atoms with E-state index >= 15 is 0 Å². The highest BCUT2D eigenvalue weighted by molar-refractivity contribution is 6.10. The SMILES string of the molecule is Cc1cc(F)cc(C(=O)Nc2ccc(C(=O)N3CCc4cnoc4-c4ccccc43)c(C)c2)c1. The Kier molecular flexibility index (Phi) is 5.45. The molecule has 0 unspecified atom stereocenters. The van der Waals surface area contributed by atoms with Gasteiger partial charge in [0, 0.05) is 34.5 Å². The number of nitrogens with one attached hydrogen (secondary N) is 1. The van der Waals surface area contributed by atoms with Gasteiger partial charge in [-0.25, -0.2) is 4.39 Å². The van der Waals surface area contributed by atoms with Crippen molar-refractivity contribution in [3.8, 4) is 11.3 Å². The molecule has 0 saturated heterocycles. The number of carbonyl (C=O) groups is 2. The van der Waals surface area contributed by atoms with Crippen LogP contribution in [0.5, 0.6) is 0 Å². The maximum absolute atomic E-state index is 13.7. The maximum Gasteiger partial charge on any atom is 0.258 e. The molecule has 1 aliphatic heterocycles. The summed E-state index contributed by atoms with van der Waals surface area (Å²) in [7, 11) is 0. The monoisotopic (exact) mass is 455 g/mol. The average Bonchev–Trinajstić information content (AvgIpc) is 3.21. The maximum atomic E-state index is 13.7. The Morgan fingerprint density at radius 3 is 2.68 bits per heavy atom. The molecular formula is C27H22FN3O3. The number of aryl methyl sites for hydroxylation is 2. The zero-order chi connectivity index (χ0) is 23.8. The molecule has 0 radical (unpaired) electrons. The number of hydrogen-bond acceptors (Lipinski definition) is 4. The van der Waals surface area contributed by atoms with E-state index < -0.39 is 11.7 Å². The van der Waals surface area contributed by atoms with Gasteiger partial charge in [-0.05, 0) is 79.9 Å². The first-order valence-electron chi connectivity index (χ1n) is 10.9. The molecule has 2 amide bonds. The number of fused-ring (bicyclic) bond motifs is 3. The van der Waals surface area contributed by atoms with Crippen LogP contribution in [0, 0.1) is 19.7 Å². The van der Waals surface area contributed by atoms with E-state index in [1.165, 1.54) is 12.1 Å². The fourth-order valence-corrected chi connectivity index (χ4v) is 4.32. The second-order valence-corrected chi connectivity index (χ2v) is 8.41. The molecule has 0 spiro atoms. The summed E-state index contributed by atoms with van der Waals surface area (Å²) in [5.41, 5.74) is 5.24. The third kappa shape index (κ3) is 3.96. The van der Waals surface area contributed by atoms with Crippen LogP contribution in [0.25, 0.3) is 11.3 Å². The highest BCUT2D eigenvalue weighted by Gasteiger charge is 2.28. The molecule has 4 aromatic rings. The van der Waals surface area contributed by atoms with Crippen LogP contribution < -0.4 is 10.2 Å². The van der Waals surface area contributed by atoms with Gasteiger partial charge in [0.25, 0.3) is 11.8 Å². The van der Waals surface area contributed by atoms with Crippen LogP contribution in [-0.2, 0) is 6.42 Å². The van der Waals surface area contributed by atoms with Crippen molar-refractivity contribution in [1.82, 2.24) is 5.16 Å². The lowest BCUT2D eigenvalue weighted by Gasteiger charge is -2.23. The van der Waals surface area contributed by atoms with E-state index in [2.05, 4.69) is 10.5 Å². The molecular weight excluding hydrogens is 433 g/mol. The van der Waals surface area contributed by atoms with Crippen molar-refractivity contribution in [3.63, 3.8) is 0 Å². The van der Waals surface area contributed by atoms with Crippen molar-refractivity contribution in [2.75, 3.05) is 16.8 Å². The van der Waals surface area contributed by atoms with Gasteiger partial charge in [-0.1, -0.05) is 17.3 Å². The molecule has 1 aliphatic rings. The Balaban J connectivity index is 1.41. The minimum Gasteiger partial charge on any atom is -0.356 e.